The molecule has 0 spiro atoms. The molecule has 5 nitrogen and oxygen atoms in total. The van der Waals surface area contributed by atoms with Crippen molar-refractivity contribution < 1.29 is 0 Å². The van der Waals surface area contributed by atoms with Crippen LogP contribution >= 0.6 is 0 Å². The Labute approximate surface area is 403 Å². The van der Waals surface area contributed by atoms with Crippen LogP contribution in [0.15, 0.2) is 249 Å². The third-order valence-corrected chi connectivity index (χ3v) is 13.9. The molecule has 0 unspecified atom stereocenters. The van der Waals surface area contributed by atoms with E-state index in [2.05, 4.69) is 252 Å². The van der Waals surface area contributed by atoms with Crippen LogP contribution in [0, 0.1) is 0 Å². The van der Waals surface area contributed by atoms with E-state index in [1.54, 1.807) is 0 Å². The lowest BCUT2D eigenvalue weighted by atomic mass is 9.84. The Morgan fingerprint density at radius 1 is 0.271 bits per heavy atom. The number of fused-ring (bicyclic) bond motifs is 8. The molecule has 0 atom stereocenters. The molecule has 14 rings (SSSR count). The van der Waals surface area contributed by atoms with Crippen molar-refractivity contribution in [3.05, 3.63) is 249 Å². The first-order chi connectivity index (χ1) is 34.8. The fourth-order valence-corrected chi connectivity index (χ4v) is 10.9. The van der Waals surface area contributed by atoms with Gasteiger partial charge in [-0.1, -0.05) is 206 Å². The Morgan fingerprint density at radius 3 is 1.47 bits per heavy atom. The Hall–Kier alpha value is -9.45. The van der Waals surface area contributed by atoms with Crippen molar-refractivity contribution in [2.24, 2.45) is 0 Å². The lowest BCUT2D eigenvalue weighted by Crippen LogP contribution is -2.06. The molecule has 0 saturated carbocycles. The van der Waals surface area contributed by atoms with E-state index in [0.717, 1.165) is 93.9 Å². The fraction of sp³-hybridized carbons (Fsp3) is 0. The Kier molecular flexibility index (Phi) is 9.14. The van der Waals surface area contributed by atoms with Crippen LogP contribution in [0.5, 0.6) is 0 Å². The first-order valence-corrected chi connectivity index (χ1v) is 23.8. The monoisotopic (exact) mass is 891 g/mol. The summed E-state index contributed by atoms with van der Waals surface area (Å²) in [4.78, 5) is 16.7. The van der Waals surface area contributed by atoms with Gasteiger partial charge in [-0.2, -0.15) is 0 Å². The summed E-state index contributed by atoms with van der Waals surface area (Å²) >= 11 is 0. The average Bonchev–Trinajstić information content (AvgIpc) is 3.95. The van der Waals surface area contributed by atoms with Crippen LogP contribution in [0.2, 0.25) is 0 Å². The van der Waals surface area contributed by atoms with Crippen LogP contribution in [-0.4, -0.2) is 24.1 Å². The predicted molar refractivity (Wildman–Crippen MR) is 291 cm³/mol. The molecule has 5 heteroatoms. The van der Waals surface area contributed by atoms with Crippen molar-refractivity contribution in [1.82, 2.24) is 24.1 Å². The van der Waals surface area contributed by atoms with E-state index in [9.17, 15) is 0 Å². The maximum absolute atomic E-state index is 5.70. The minimum atomic E-state index is 0.597. The largest absolute Gasteiger partial charge is 0.309 e. The Morgan fingerprint density at radius 2 is 0.771 bits per heavy atom. The van der Waals surface area contributed by atoms with Gasteiger partial charge in [0.2, 0.25) is 0 Å². The van der Waals surface area contributed by atoms with Crippen molar-refractivity contribution >= 4 is 65.2 Å². The smallest absolute Gasteiger partial charge is 0.165 e. The van der Waals surface area contributed by atoms with Gasteiger partial charge in [0.25, 0.3) is 0 Å². The Balaban J connectivity index is 1.15. The van der Waals surface area contributed by atoms with Crippen LogP contribution in [0.4, 0.5) is 0 Å². The zero-order valence-corrected chi connectivity index (χ0v) is 37.9. The van der Waals surface area contributed by atoms with E-state index in [1.165, 1.54) is 21.5 Å². The van der Waals surface area contributed by atoms with Crippen LogP contribution in [0.1, 0.15) is 0 Å². The highest BCUT2D eigenvalue weighted by molar-refractivity contribution is 6.20. The number of hydrogen-bond acceptors (Lipinski definition) is 3. The van der Waals surface area contributed by atoms with Crippen molar-refractivity contribution in [2.75, 3.05) is 0 Å². The normalized spacial score (nSPS) is 11.7. The molecular formula is C65H41N5. The number of nitrogens with zero attached hydrogens (tertiary/aromatic N) is 5. The highest BCUT2D eigenvalue weighted by atomic mass is 15.0. The predicted octanol–water partition coefficient (Wildman–Crippen LogP) is 16.7. The van der Waals surface area contributed by atoms with Gasteiger partial charge in [0.05, 0.1) is 27.8 Å². The molecule has 0 saturated heterocycles. The molecule has 3 heterocycles. The molecule has 3 aromatic heterocycles. The van der Waals surface area contributed by atoms with E-state index in [-0.39, 0.29) is 0 Å². The summed E-state index contributed by atoms with van der Waals surface area (Å²) in [5.41, 5.74) is 13.7. The summed E-state index contributed by atoms with van der Waals surface area (Å²) in [5, 5.41) is 9.16. The van der Waals surface area contributed by atoms with Crippen molar-refractivity contribution in [3.63, 3.8) is 0 Å². The van der Waals surface area contributed by atoms with Crippen LogP contribution in [0.3, 0.4) is 0 Å². The van der Waals surface area contributed by atoms with Crippen LogP contribution in [-0.2, 0) is 0 Å². The Bertz CT molecular complexity index is 4330. The molecule has 0 N–H and O–H groups in total. The number of aromatic nitrogens is 5. The minimum Gasteiger partial charge on any atom is -0.309 e. The van der Waals surface area contributed by atoms with Gasteiger partial charge in [-0.15, -0.1) is 0 Å². The molecule has 0 fully saturated rings. The van der Waals surface area contributed by atoms with Gasteiger partial charge in [0.15, 0.2) is 17.5 Å². The zero-order valence-electron chi connectivity index (χ0n) is 37.9. The third-order valence-electron chi connectivity index (χ3n) is 13.9. The number of para-hydroxylation sites is 3. The van der Waals surface area contributed by atoms with Gasteiger partial charge in [-0.05, 0) is 69.8 Å². The van der Waals surface area contributed by atoms with Gasteiger partial charge in [-0.25, -0.2) is 15.0 Å². The highest BCUT2D eigenvalue weighted by Crippen LogP contribution is 2.51. The first-order valence-electron chi connectivity index (χ1n) is 23.8. The molecule has 0 bridgehead atoms. The molecule has 0 aliphatic heterocycles. The van der Waals surface area contributed by atoms with E-state index in [4.69, 9.17) is 15.0 Å². The third kappa shape index (κ3) is 6.22. The standard InChI is InChI=1S/C65H41N5/c1-5-22-42(23-6-1)58-59(43-24-7-2-8-25-43)62(70-54-37-19-17-32-48(54)53-40-45-28-13-14-29-46(45)41-57(53)70)50-34-16-15-33-49(50)61(58)65-67-63(44-26-9-3-10-27-44)66-64(68-65)52-36-21-39-56-60(52)51-35-18-20-38-55(51)69(56)47-30-11-4-12-31-47/h1-41H. The van der Waals surface area contributed by atoms with E-state index < -0.39 is 0 Å². The fourth-order valence-electron chi connectivity index (χ4n) is 10.9. The maximum Gasteiger partial charge on any atom is 0.165 e. The average molecular weight is 892 g/mol. The summed E-state index contributed by atoms with van der Waals surface area (Å²) in [6, 6.07) is 88.8. The highest BCUT2D eigenvalue weighted by Gasteiger charge is 2.29. The van der Waals surface area contributed by atoms with E-state index in [0.29, 0.717) is 17.5 Å². The van der Waals surface area contributed by atoms with Gasteiger partial charge < -0.3 is 9.13 Å². The SMILES string of the molecule is c1ccc(-c2nc(-c3c(-c4ccccc4)c(-c4ccccc4)c(-n4c5ccccc5c5cc6ccccc6cc54)c4ccccc34)nc(-c3cccc4c3c3ccccc3n4-c3ccccc3)n2)cc1. The summed E-state index contributed by atoms with van der Waals surface area (Å²) in [7, 11) is 0. The zero-order chi connectivity index (χ0) is 46.1. The lowest BCUT2D eigenvalue weighted by molar-refractivity contribution is 1.08. The summed E-state index contributed by atoms with van der Waals surface area (Å²) < 4.78 is 4.85. The second kappa shape index (κ2) is 16.1. The summed E-state index contributed by atoms with van der Waals surface area (Å²) in [6.45, 7) is 0. The molecule has 11 aromatic carbocycles. The van der Waals surface area contributed by atoms with Crippen LogP contribution in [0.25, 0.3) is 133 Å². The van der Waals surface area contributed by atoms with Gasteiger partial charge in [0, 0.05) is 60.4 Å². The second-order valence-corrected chi connectivity index (χ2v) is 17.9. The summed E-state index contributed by atoms with van der Waals surface area (Å²) in [6.07, 6.45) is 0. The van der Waals surface area contributed by atoms with Crippen molar-refractivity contribution in [2.45, 2.75) is 0 Å². The van der Waals surface area contributed by atoms with E-state index in [1.807, 2.05) is 6.07 Å². The summed E-state index contributed by atoms with van der Waals surface area (Å²) in [5.74, 6) is 1.81. The number of benzene rings is 11. The van der Waals surface area contributed by atoms with Crippen LogP contribution < -0.4 is 0 Å². The number of rotatable bonds is 7. The molecule has 0 radical (unpaired) electrons. The minimum absolute atomic E-state index is 0.597. The topological polar surface area (TPSA) is 48.5 Å². The van der Waals surface area contributed by atoms with Crippen molar-refractivity contribution in [1.29, 1.82) is 0 Å². The maximum atomic E-state index is 5.70. The lowest BCUT2D eigenvalue weighted by Gasteiger charge is -2.25. The molecule has 326 valence electrons. The van der Waals surface area contributed by atoms with Gasteiger partial charge in [-0.3, -0.25) is 0 Å². The molecule has 0 aliphatic rings. The molecule has 14 aromatic rings. The second-order valence-electron chi connectivity index (χ2n) is 17.9. The molecule has 0 aliphatic carbocycles. The molecule has 0 amide bonds. The van der Waals surface area contributed by atoms with Gasteiger partial charge >= 0.3 is 0 Å². The molecular weight excluding hydrogens is 851 g/mol. The van der Waals surface area contributed by atoms with Crippen molar-refractivity contribution in [3.8, 4) is 67.8 Å². The molecule has 70 heavy (non-hydrogen) atoms. The first kappa shape index (κ1) is 39.7. The van der Waals surface area contributed by atoms with E-state index >= 15 is 0 Å². The quantitative estimate of drug-likeness (QED) is 0.160. The number of hydrogen-bond donors (Lipinski definition) is 0. The van der Waals surface area contributed by atoms with Gasteiger partial charge in [0.1, 0.15) is 0 Å².